The van der Waals surface area contributed by atoms with Crippen LogP contribution >= 0.6 is 12.3 Å². The second-order valence-electron chi connectivity index (χ2n) is 1.25. The minimum Gasteiger partial charge on any atom is -0.396 e. The van der Waals surface area contributed by atoms with Gasteiger partial charge in [0.15, 0.2) is 12.3 Å². The predicted octanol–water partition coefficient (Wildman–Crippen LogP) is 0.846. The van der Waals surface area contributed by atoms with Crippen molar-refractivity contribution >= 4 is 18.0 Å². The van der Waals surface area contributed by atoms with E-state index in [4.69, 9.17) is 5.73 Å². The normalized spacial score (nSPS) is 9.62. The highest BCUT2D eigenvalue weighted by Crippen LogP contribution is 2.07. The van der Waals surface area contributed by atoms with E-state index in [1.165, 1.54) is 12.4 Å². The Morgan fingerprint density at radius 3 is 2.88 bits per heavy atom. The lowest BCUT2D eigenvalue weighted by atomic mass is 10.6. The highest BCUT2D eigenvalue weighted by molar-refractivity contribution is 7.92. The van der Waals surface area contributed by atoms with E-state index in [2.05, 4.69) is 5.10 Å². The summed E-state index contributed by atoms with van der Waals surface area (Å²) < 4.78 is 12.5. The van der Waals surface area contributed by atoms with Gasteiger partial charge in [-0.2, -0.15) is 9.19 Å². The largest absolute Gasteiger partial charge is 0.396 e. The summed E-state index contributed by atoms with van der Waals surface area (Å²) in [6.45, 7) is 0. The highest BCUT2D eigenvalue weighted by atomic mass is 32.2. The van der Waals surface area contributed by atoms with Crippen LogP contribution in [-0.4, -0.2) is 9.19 Å². The average molecular weight is 133 g/mol. The molecular weight excluding hydrogens is 129 g/mol. The number of nitrogen functional groups attached to an aromatic ring is 1. The van der Waals surface area contributed by atoms with Crippen LogP contribution in [0.25, 0.3) is 0 Å². The standard InChI is InChI=1S/C3H4FN3S/c4-8-7-2-3(5)1-6-7/h1-2H,5H2. The van der Waals surface area contributed by atoms with E-state index >= 15 is 0 Å². The van der Waals surface area contributed by atoms with Gasteiger partial charge < -0.3 is 5.73 Å². The zero-order valence-electron chi connectivity index (χ0n) is 3.91. The Kier molecular flexibility index (Phi) is 1.38. The van der Waals surface area contributed by atoms with Crippen molar-refractivity contribution in [2.24, 2.45) is 0 Å². The maximum Gasteiger partial charge on any atom is 0.187 e. The quantitative estimate of drug-likeness (QED) is 0.617. The Bertz CT molecular complexity index is 175. The molecule has 0 saturated heterocycles. The summed E-state index contributed by atoms with van der Waals surface area (Å²) in [4.78, 5) is 0. The van der Waals surface area contributed by atoms with Gasteiger partial charge in [-0.3, -0.25) is 0 Å². The zero-order chi connectivity index (χ0) is 5.98. The second-order valence-corrected chi connectivity index (χ2v) is 1.76. The summed E-state index contributed by atoms with van der Waals surface area (Å²) in [5.74, 6) is 0. The molecule has 0 aliphatic rings. The number of aromatic nitrogens is 2. The molecule has 8 heavy (non-hydrogen) atoms. The fraction of sp³-hybridized carbons (Fsp3) is 0. The summed E-state index contributed by atoms with van der Waals surface area (Å²) in [5, 5.41) is 3.51. The van der Waals surface area contributed by atoms with Crippen LogP contribution < -0.4 is 5.73 Å². The topological polar surface area (TPSA) is 43.8 Å². The molecule has 0 atom stereocenters. The zero-order valence-corrected chi connectivity index (χ0v) is 4.73. The van der Waals surface area contributed by atoms with Gasteiger partial charge in [0.2, 0.25) is 0 Å². The molecule has 0 amide bonds. The van der Waals surface area contributed by atoms with Crippen molar-refractivity contribution in [1.29, 1.82) is 0 Å². The third-order valence-electron chi connectivity index (χ3n) is 0.651. The Hall–Kier alpha value is -0.710. The van der Waals surface area contributed by atoms with Crippen molar-refractivity contribution in [3.8, 4) is 0 Å². The molecule has 0 bridgehead atoms. The first-order chi connectivity index (χ1) is 3.83. The lowest BCUT2D eigenvalue weighted by Crippen LogP contribution is -1.80. The number of hydrogen-bond acceptors (Lipinski definition) is 3. The van der Waals surface area contributed by atoms with Crippen LogP contribution in [0.15, 0.2) is 12.4 Å². The maximum atomic E-state index is 11.5. The number of halogens is 1. The maximum absolute atomic E-state index is 11.5. The first-order valence-corrected chi connectivity index (χ1v) is 2.59. The molecule has 1 heterocycles. The summed E-state index contributed by atoms with van der Waals surface area (Å²) >= 11 is 0.0152. The smallest absolute Gasteiger partial charge is 0.187 e. The summed E-state index contributed by atoms with van der Waals surface area (Å²) in [7, 11) is 0. The van der Waals surface area contributed by atoms with E-state index in [9.17, 15) is 3.89 Å². The van der Waals surface area contributed by atoms with Gasteiger partial charge in [-0.1, -0.05) is 0 Å². The van der Waals surface area contributed by atoms with Crippen LogP contribution in [0.4, 0.5) is 9.57 Å². The van der Waals surface area contributed by atoms with Gasteiger partial charge >= 0.3 is 0 Å². The molecule has 44 valence electrons. The van der Waals surface area contributed by atoms with E-state index in [0.717, 1.165) is 4.09 Å². The van der Waals surface area contributed by atoms with Gasteiger partial charge in [0.25, 0.3) is 0 Å². The molecule has 0 aromatic carbocycles. The first-order valence-electron chi connectivity index (χ1n) is 1.92. The van der Waals surface area contributed by atoms with Crippen molar-refractivity contribution in [3.05, 3.63) is 12.4 Å². The fourth-order valence-corrected chi connectivity index (χ4v) is 0.600. The molecule has 0 aliphatic carbocycles. The monoisotopic (exact) mass is 133 g/mol. The van der Waals surface area contributed by atoms with E-state index in [0.29, 0.717) is 5.69 Å². The molecule has 2 N–H and O–H groups in total. The average Bonchev–Trinajstić information content (AvgIpc) is 2.14. The SMILES string of the molecule is Nc1cnn(SF)c1. The summed E-state index contributed by atoms with van der Waals surface area (Å²) in [6, 6.07) is 0. The van der Waals surface area contributed by atoms with Gasteiger partial charge in [0, 0.05) is 0 Å². The van der Waals surface area contributed by atoms with Gasteiger partial charge in [-0.25, -0.2) is 0 Å². The van der Waals surface area contributed by atoms with Crippen LogP contribution in [0.1, 0.15) is 0 Å². The van der Waals surface area contributed by atoms with E-state index in [-0.39, 0.29) is 12.3 Å². The van der Waals surface area contributed by atoms with E-state index < -0.39 is 0 Å². The molecule has 0 fully saturated rings. The number of nitrogens with zero attached hydrogens (tertiary/aromatic N) is 2. The molecule has 1 aromatic rings. The van der Waals surface area contributed by atoms with Crippen LogP contribution in [0.2, 0.25) is 0 Å². The van der Waals surface area contributed by atoms with Crippen LogP contribution in [0, 0.1) is 0 Å². The number of anilines is 1. The Morgan fingerprint density at radius 2 is 2.62 bits per heavy atom. The highest BCUT2D eigenvalue weighted by Gasteiger charge is 1.90. The van der Waals surface area contributed by atoms with Gasteiger partial charge in [-0.05, 0) is 0 Å². The lowest BCUT2D eigenvalue weighted by Gasteiger charge is -1.81. The molecule has 0 radical (unpaired) electrons. The minimum atomic E-state index is 0.0152. The number of hydrogen-bond donors (Lipinski definition) is 1. The van der Waals surface area contributed by atoms with Crippen LogP contribution in [0.3, 0.4) is 0 Å². The third-order valence-corrected chi connectivity index (χ3v) is 0.992. The van der Waals surface area contributed by atoms with Crippen LogP contribution in [-0.2, 0) is 0 Å². The Morgan fingerprint density at radius 1 is 1.88 bits per heavy atom. The first kappa shape index (κ1) is 5.43. The van der Waals surface area contributed by atoms with Crippen molar-refractivity contribution in [2.75, 3.05) is 5.73 Å². The number of nitrogens with two attached hydrogens (primary N) is 1. The second kappa shape index (κ2) is 2.04. The summed E-state index contributed by atoms with van der Waals surface area (Å²) in [5.41, 5.74) is 5.66. The fourth-order valence-electron chi connectivity index (χ4n) is 0.355. The number of rotatable bonds is 1. The molecule has 0 aliphatic heterocycles. The molecule has 3 nitrogen and oxygen atoms in total. The Labute approximate surface area is 50.1 Å². The molecule has 0 spiro atoms. The molecule has 1 aromatic heterocycles. The lowest BCUT2D eigenvalue weighted by molar-refractivity contribution is 0.878. The Balaban J connectivity index is 2.84. The minimum absolute atomic E-state index is 0.0152. The predicted molar refractivity (Wildman–Crippen MR) is 30.7 cm³/mol. The summed E-state index contributed by atoms with van der Waals surface area (Å²) in [6.07, 6.45) is 2.78. The van der Waals surface area contributed by atoms with Gasteiger partial charge in [0.1, 0.15) is 0 Å². The van der Waals surface area contributed by atoms with Crippen molar-refractivity contribution < 1.29 is 3.89 Å². The third kappa shape index (κ3) is 0.919. The van der Waals surface area contributed by atoms with Crippen molar-refractivity contribution in [3.63, 3.8) is 0 Å². The molecule has 0 saturated carbocycles. The van der Waals surface area contributed by atoms with Crippen molar-refractivity contribution in [1.82, 2.24) is 9.19 Å². The molecule has 1 rings (SSSR count). The molecule has 5 heteroatoms. The molecular formula is C3H4FN3S. The van der Waals surface area contributed by atoms with Gasteiger partial charge in [-0.15, -0.1) is 3.89 Å². The van der Waals surface area contributed by atoms with Gasteiger partial charge in [0.05, 0.1) is 18.1 Å². The molecule has 0 unspecified atom stereocenters. The van der Waals surface area contributed by atoms with Crippen LogP contribution in [0.5, 0.6) is 0 Å². The van der Waals surface area contributed by atoms with E-state index in [1.807, 2.05) is 0 Å². The van der Waals surface area contributed by atoms with Crippen molar-refractivity contribution in [2.45, 2.75) is 0 Å². The van der Waals surface area contributed by atoms with E-state index in [1.54, 1.807) is 0 Å².